The van der Waals surface area contributed by atoms with Crippen molar-refractivity contribution >= 4 is 28.4 Å². The van der Waals surface area contributed by atoms with Crippen LogP contribution < -0.4 is 10.2 Å². The van der Waals surface area contributed by atoms with Crippen molar-refractivity contribution in [3.8, 4) is 6.07 Å². The quantitative estimate of drug-likeness (QED) is 0.675. The van der Waals surface area contributed by atoms with Crippen LogP contribution in [0.25, 0.3) is 10.9 Å². The number of pyridine rings is 2. The molecular weight excluding hydrogens is 376 g/mol. The van der Waals surface area contributed by atoms with Gasteiger partial charge in [0.25, 0.3) is 0 Å². The molecule has 0 spiro atoms. The van der Waals surface area contributed by atoms with Gasteiger partial charge in [-0.15, -0.1) is 0 Å². The molecule has 2 unspecified atom stereocenters. The molecule has 5 heterocycles. The van der Waals surface area contributed by atoms with Crippen LogP contribution in [0.3, 0.4) is 0 Å². The Hall–Kier alpha value is -3.18. The van der Waals surface area contributed by atoms with Gasteiger partial charge in [0.1, 0.15) is 11.6 Å². The Kier molecular flexibility index (Phi) is 4.97. The molecule has 0 amide bonds. The predicted octanol–water partition coefficient (Wildman–Crippen LogP) is 3.36. The smallest absolute Gasteiger partial charge is 0.153 e. The van der Waals surface area contributed by atoms with Gasteiger partial charge in [-0.25, -0.2) is 4.98 Å². The van der Waals surface area contributed by atoms with Crippen LogP contribution in [0.1, 0.15) is 31.4 Å². The number of nitriles is 1. The molecule has 8 heteroatoms. The Balaban J connectivity index is 1.48. The summed E-state index contributed by atoms with van der Waals surface area (Å²) in [5.74, 6) is 2.47. The summed E-state index contributed by atoms with van der Waals surface area (Å²) in [6, 6.07) is 11.4. The lowest BCUT2D eigenvalue weighted by Crippen LogP contribution is -2.40. The van der Waals surface area contributed by atoms with Crippen molar-refractivity contribution in [2.45, 2.75) is 44.7 Å². The Morgan fingerprint density at radius 3 is 2.97 bits per heavy atom. The van der Waals surface area contributed by atoms with E-state index < -0.39 is 0 Å². The van der Waals surface area contributed by atoms with Gasteiger partial charge in [-0.2, -0.15) is 10.4 Å². The maximum Gasteiger partial charge on any atom is 0.153 e. The summed E-state index contributed by atoms with van der Waals surface area (Å²) >= 11 is 0. The first kappa shape index (κ1) is 18.8. The van der Waals surface area contributed by atoms with Crippen molar-refractivity contribution in [1.29, 1.82) is 5.26 Å². The van der Waals surface area contributed by atoms with Crippen molar-refractivity contribution < 1.29 is 0 Å². The van der Waals surface area contributed by atoms with Gasteiger partial charge in [0.2, 0.25) is 0 Å². The van der Waals surface area contributed by atoms with Crippen molar-refractivity contribution in [2.24, 2.45) is 0 Å². The first-order valence-electron chi connectivity index (χ1n) is 10.6. The van der Waals surface area contributed by atoms with Crippen LogP contribution in [0.5, 0.6) is 0 Å². The number of aryl methyl sites for hydroxylation is 1. The molecule has 2 aliphatic rings. The van der Waals surface area contributed by atoms with Crippen LogP contribution in [0.4, 0.5) is 17.5 Å². The number of hydrogen-bond acceptors (Lipinski definition) is 7. The molecule has 8 nitrogen and oxygen atoms in total. The lowest BCUT2D eigenvalue weighted by Gasteiger charge is -2.29. The number of H-pyrrole nitrogens is 1. The van der Waals surface area contributed by atoms with E-state index in [2.05, 4.69) is 42.4 Å². The molecule has 2 fully saturated rings. The number of aromatic nitrogens is 4. The molecule has 154 valence electrons. The van der Waals surface area contributed by atoms with Crippen LogP contribution in [0.2, 0.25) is 0 Å². The highest BCUT2D eigenvalue weighted by molar-refractivity contribution is 5.92. The van der Waals surface area contributed by atoms with Crippen molar-refractivity contribution in [3.63, 3.8) is 0 Å². The number of aromatic amines is 1. The lowest BCUT2D eigenvalue weighted by molar-refractivity contribution is 0.208. The standard InChI is InChI=1S/C22H26N8/c1-15-12-21(28-27-15)25-20-13-19-18(4-2-9-24-19)22(26-20)29-11-7-16-5-6-17(14-29)30(16)10-3-8-23/h2,4,9,12-13,16-17H,3,5-7,10-11,14H2,1H3,(H2,25,26,27,28). The zero-order valence-corrected chi connectivity index (χ0v) is 17.2. The molecule has 5 rings (SSSR count). The largest absolute Gasteiger partial charge is 0.354 e. The third-order valence-electron chi connectivity index (χ3n) is 6.26. The van der Waals surface area contributed by atoms with Gasteiger partial charge >= 0.3 is 0 Å². The minimum Gasteiger partial charge on any atom is -0.354 e. The summed E-state index contributed by atoms with van der Waals surface area (Å²) in [5, 5.41) is 20.7. The van der Waals surface area contributed by atoms with Gasteiger partial charge in [-0.05, 0) is 38.3 Å². The van der Waals surface area contributed by atoms with Crippen molar-refractivity contribution in [3.05, 3.63) is 36.2 Å². The summed E-state index contributed by atoms with van der Waals surface area (Å²) in [6.45, 7) is 4.74. The fourth-order valence-corrected chi connectivity index (χ4v) is 4.88. The number of nitrogens with one attached hydrogen (secondary N) is 2. The fourth-order valence-electron chi connectivity index (χ4n) is 4.88. The summed E-state index contributed by atoms with van der Waals surface area (Å²) < 4.78 is 0. The monoisotopic (exact) mass is 402 g/mol. The molecule has 3 aromatic rings. The molecule has 0 aliphatic carbocycles. The molecule has 2 aliphatic heterocycles. The van der Waals surface area contributed by atoms with Crippen LogP contribution in [0.15, 0.2) is 30.5 Å². The van der Waals surface area contributed by atoms with E-state index in [1.54, 1.807) is 0 Å². The van der Waals surface area contributed by atoms with Gasteiger partial charge in [0, 0.05) is 67.5 Å². The fraction of sp³-hybridized carbons (Fsp3) is 0.455. The Morgan fingerprint density at radius 2 is 2.13 bits per heavy atom. The minimum atomic E-state index is 0.477. The molecule has 2 atom stereocenters. The van der Waals surface area contributed by atoms with Crippen LogP contribution in [-0.2, 0) is 0 Å². The summed E-state index contributed by atoms with van der Waals surface area (Å²) in [7, 11) is 0. The molecular formula is C22H26N8. The van der Waals surface area contributed by atoms with Crippen molar-refractivity contribution in [2.75, 3.05) is 29.9 Å². The highest BCUT2D eigenvalue weighted by Gasteiger charge is 2.37. The first-order valence-corrected chi connectivity index (χ1v) is 10.6. The summed E-state index contributed by atoms with van der Waals surface area (Å²) in [4.78, 5) is 14.5. The molecule has 2 bridgehead atoms. The van der Waals surface area contributed by atoms with E-state index in [-0.39, 0.29) is 0 Å². The average molecular weight is 403 g/mol. The van der Waals surface area contributed by atoms with E-state index in [0.29, 0.717) is 18.5 Å². The number of hydrogen-bond donors (Lipinski definition) is 2. The molecule has 30 heavy (non-hydrogen) atoms. The zero-order chi connectivity index (χ0) is 20.5. The Labute approximate surface area is 175 Å². The molecule has 0 radical (unpaired) electrons. The van der Waals surface area contributed by atoms with E-state index in [1.807, 2.05) is 31.3 Å². The molecule has 3 aromatic heterocycles. The van der Waals surface area contributed by atoms with Crippen LogP contribution in [0, 0.1) is 18.3 Å². The minimum absolute atomic E-state index is 0.477. The van der Waals surface area contributed by atoms with E-state index in [4.69, 9.17) is 10.2 Å². The summed E-state index contributed by atoms with van der Waals surface area (Å²) in [6.07, 6.45) is 5.94. The van der Waals surface area contributed by atoms with Gasteiger partial charge in [0.15, 0.2) is 5.82 Å². The number of nitrogens with zero attached hydrogens (tertiary/aromatic N) is 6. The van der Waals surface area contributed by atoms with E-state index in [0.717, 1.165) is 60.1 Å². The maximum atomic E-state index is 9.04. The molecule has 2 N–H and O–H groups in total. The van der Waals surface area contributed by atoms with Crippen LogP contribution in [-0.4, -0.2) is 56.8 Å². The highest BCUT2D eigenvalue weighted by Crippen LogP contribution is 2.34. The molecule has 2 saturated heterocycles. The van der Waals surface area contributed by atoms with Gasteiger partial charge in [0.05, 0.1) is 11.6 Å². The second-order valence-electron chi connectivity index (χ2n) is 8.23. The Morgan fingerprint density at radius 1 is 1.23 bits per heavy atom. The second kappa shape index (κ2) is 7.92. The van der Waals surface area contributed by atoms with Gasteiger partial charge < -0.3 is 10.2 Å². The van der Waals surface area contributed by atoms with E-state index in [9.17, 15) is 0 Å². The topological polar surface area (TPSA) is 96.8 Å². The SMILES string of the molecule is Cc1cc(Nc2cc3ncccc3c(N3CCC4CCC(C3)N4CCC#N)n2)n[nH]1. The van der Waals surface area contributed by atoms with Gasteiger partial charge in [-0.1, -0.05) is 0 Å². The number of anilines is 3. The highest BCUT2D eigenvalue weighted by atomic mass is 15.3. The summed E-state index contributed by atoms with van der Waals surface area (Å²) in [5.41, 5.74) is 1.92. The second-order valence-corrected chi connectivity index (χ2v) is 8.23. The van der Waals surface area contributed by atoms with Crippen LogP contribution >= 0.6 is 0 Å². The molecule has 0 aromatic carbocycles. The van der Waals surface area contributed by atoms with Crippen molar-refractivity contribution in [1.82, 2.24) is 25.1 Å². The molecule has 0 saturated carbocycles. The van der Waals surface area contributed by atoms with E-state index >= 15 is 0 Å². The zero-order valence-electron chi connectivity index (χ0n) is 17.2. The van der Waals surface area contributed by atoms with Gasteiger partial charge in [-0.3, -0.25) is 15.0 Å². The predicted molar refractivity (Wildman–Crippen MR) is 117 cm³/mol. The number of rotatable bonds is 5. The third-order valence-corrected chi connectivity index (χ3v) is 6.26. The normalized spacial score (nSPS) is 21.5. The van der Waals surface area contributed by atoms with E-state index in [1.165, 1.54) is 12.8 Å². The lowest BCUT2D eigenvalue weighted by atomic mass is 10.1. The average Bonchev–Trinajstić information content (AvgIpc) is 3.27. The first-order chi connectivity index (χ1) is 14.7. The maximum absolute atomic E-state index is 9.04. The Bertz CT molecular complexity index is 1080. The third kappa shape index (κ3) is 3.57. The number of fused-ring (bicyclic) bond motifs is 3.